The third-order valence-corrected chi connectivity index (χ3v) is 3.10. The van der Waals surface area contributed by atoms with Gasteiger partial charge in [-0.15, -0.1) is 5.10 Å². The van der Waals surface area contributed by atoms with Crippen LogP contribution in [0.5, 0.6) is 0 Å². The second-order valence-electron chi connectivity index (χ2n) is 4.86. The van der Waals surface area contributed by atoms with Crippen LogP contribution in [-0.4, -0.2) is 26.8 Å². The van der Waals surface area contributed by atoms with Gasteiger partial charge in [0.05, 0.1) is 12.6 Å². The fourth-order valence-electron chi connectivity index (χ4n) is 1.95. The van der Waals surface area contributed by atoms with Crippen molar-refractivity contribution >= 4 is 0 Å². The van der Waals surface area contributed by atoms with Crippen LogP contribution in [0.2, 0.25) is 0 Å². The Morgan fingerprint density at radius 3 is 2.68 bits per heavy atom. The van der Waals surface area contributed by atoms with Gasteiger partial charge in [-0.3, -0.25) is 0 Å². The molecule has 2 rings (SSSR count). The monoisotopic (exact) mass is 259 g/mol. The van der Waals surface area contributed by atoms with E-state index in [4.69, 9.17) is 0 Å². The molecule has 0 fully saturated rings. The number of tetrazole rings is 1. The van der Waals surface area contributed by atoms with E-state index < -0.39 is 0 Å². The van der Waals surface area contributed by atoms with Crippen LogP contribution in [-0.2, 0) is 6.54 Å². The molecule has 1 aromatic carbocycles. The van der Waals surface area contributed by atoms with Gasteiger partial charge in [0.15, 0.2) is 5.82 Å². The van der Waals surface area contributed by atoms with Crippen LogP contribution in [0.25, 0.3) is 0 Å². The Labute approximate surface area is 114 Å². The predicted octanol–water partition coefficient (Wildman–Crippen LogP) is 2.09. The van der Waals surface area contributed by atoms with Crippen molar-refractivity contribution in [1.82, 2.24) is 25.5 Å². The van der Waals surface area contributed by atoms with E-state index in [1.165, 1.54) is 11.1 Å². The Balaban J connectivity index is 2.08. The molecule has 1 aromatic heterocycles. The minimum Gasteiger partial charge on any atom is -0.307 e. The number of benzene rings is 1. The van der Waals surface area contributed by atoms with Crippen molar-refractivity contribution in [3.8, 4) is 0 Å². The van der Waals surface area contributed by atoms with Crippen LogP contribution in [0.4, 0.5) is 0 Å². The Bertz CT molecular complexity index is 503. The maximum atomic E-state index is 4.12. The average Bonchev–Trinajstić information content (AvgIpc) is 2.87. The second-order valence-corrected chi connectivity index (χ2v) is 4.86. The van der Waals surface area contributed by atoms with E-state index in [-0.39, 0.29) is 6.04 Å². The summed E-state index contributed by atoms with van der Waals surface area (Å²) in [5.74, 6) is 0.883. The SMILES string of the molecule is CCCNC(C)c1nnnn1Cc1ccc(C)cc1. The van der Waals surface area contributed by atoms with Gasteiger partial charge in [0.1, 0.15) is 0 Å². The molecular weight excluding hydrogens is 238 g/mol. The summed E-state index contributed by atoms with van der Waals surface area (Å²) in [6, 6.07) is 8.62. The number of nitrogens with one attached hydrogen (secondary N) is 1. The first-order valence-corrected chi connectivity index (χ1v) is 6.75. The number of nitrogens with zero attached hydrogens (tertiary/aromatic N) is 4. The lowest BCUT2D eigenvalue weighted by molar-refractivity contribution is 0.503. The molecule has 0 saturated carbocycles. The van der Waals surface area contributed by atoms with Crippen LogP contribution in [0.15, 0.2) is 24.3 Å². The molecule has 0 aliphatic heterocycles. The number of aryl methyl sites for hydroxylation is 1. The molecule has 2 aromatic rings. The third-order valence-electron chi connectivity index (χ3n) is 3.10. The Morgan fingerprint density at radius 1 is 1.26 bits per heavy atom. The van der Waals surface area contributed by atoms with Crippen molar-refractivity contribution in [2.45, 2.75) is 39.8 Å². The van der Waals surface area contributed by atoms with Gasteiger partial charge in [0.2, 0.25) is 0 Å². The standard InChI is InChI=1S/C14H21N5/c1-4-9-15-12(3)14-16-17-18-19(14)10-13-7-5-11(2)6-8-13/h5-8,12,15H,4,9-10H2,1-3H3. The molecule has 0 bridgehead atoms. The first kappa shape index (κ1) is 13.7. The highest BCUT2D eigenvalue weighted by molar-refractivity contribution is 5.21. The molecule has 0 amide bonds. The first-order valence-electron chi connectivity index (χ1n) is 6.75. The fourth-order valence-corrected chi connectivity index (χ4v) is 1.95. The minimum absolute atomic E-state index is 0.167. The molecule has 0 radical (unpaired) electrons. The Morgan fingerprint density at radius 2 is 2.00 bits per heavy atom. The summed E-state index contributed by atoms with van der Waals surface area (Å²) in [5.41, 5.74) is 2.47. The molecule has 0 aliphatic rings. The summed E-state index contributed by atoms with van der Waals surface area (Å²) in [5, 5.41) is 15.4. The summed E-state index contributed by atoms with van der Waals surface area (Å²) in [4.78, 5) is 0. The van der Waals surface area contributed by atoms with E-state index in [2.05, 4.69) is 65.9 Å². The van der Waals surface area contributed by atoms with Crippen LogP contribution in [0.1, 0.15) is 43.3 Å². The zero-order valence-electron chi connectivity index (χ0n) is 11.8. The molecule has 5 nitrogen and oxygen atoms in total. The molecular formula is C14H21N5. The predicted molar refractivity (Wildman–Crippen MR) is 74.8 cm³/mol. The summed E-state index contributed by atoms with van der Waals surface area (Å²) in [6.07, 6.45) is 1.10. The highest BCUT2D eigenvalue weighted by Gasteiger charge is 2.13. The largest absolute Gasteiger partial charge is 0.307 e. The van der Waals surface area contributed by atoms with Crippen LogP contribution in [0.3, 0.4) is 0 Å². The summed E-state index contributed by atoms with van der Waals surface area (Å²) in [7, 11) is 0. The van der Waals surface area contributed by atoms with E-state index >= 15 is 0 Å². The van der Waals surface area contributed by atoms with Gasteiger partial charge in [-0.25, -0.2) is 4.68 Å². The average molecular weight is 259 g/mol. The maximum Gasteiger partial charge on any atom is 0.168 e. The highest BCUT2D eigenvalue weighted by Crippen LogP contribution is 2.10. The quantitative estimate of drug-likeness (QED) is 0.863. The molecule has 5 heteroatoms. The number of rotatable bonds is 6. The third kappa shape index (κ3) is 3.61. The van der Waals surface area contributed by atoms with Gasteiger partial charge >= 0.3 is 0 Å². The van der Waals surface area contributed by atoms with Crippen LogP contribution in [0, 0.1) is 6.92 Å². The molecule has 0 aliphatic carbocycles. The first-order chi connectivity index (χ1) is 9.20. The van der Waals surface area contributed by atoms with Crippen molar-refractivity contribution < 1.29 is 0 Å². The number of hydrogen-bond donors (Lipinski definition) is 1. The lowest BCUT2D eigenvalue weighted by Gasteiger charge is -2.12. The smallest absolute Gasteiger partial charge is 0.168 e. The zero-order chi connectivity index (χ0) is 13.7. The molecule has 1 N–H and O–H groups in total. The highest BCUT2D eigenvalue weighted by atomic mass is 15.5. The van der Waals surface area contributed by atoms with Crippen LogP contribution < -0.4 is 5.32 Å². The van der Waals surface area contributed by atoms with E-state index in [0.29, 0.717) is 6.54 Å². The summed E-state index contributed by atoms with van der Waals surface area (Å²) < 4.78 is 1.86. The van der Waals surface area contributed by atoms with Crippen molar-refractivity contribution in [1.29, 1.82) is 0 Å². The lowest BCUT2D eigenvalue weighted by Crippen LogP contribution is -2.23. The zero-order valence-corrected chi connectivity index (χ0v) is 11.8. The van der Waals surface area contributed by atoms with Crippen molar-refractivity contribution in [3.63, 3.8) is 0 Å². The van der Waals surface area contributed by atoms with Gasteiger partial charge < -0.3 is 5.32 Å². The summed E-state index contributed by atoms with van der Waals surface area (Å²) >= 11 is 0. The number of hydrogen-bond acceptors (Lipinski definition) is 4. The van der Waals surface area contributed by atoms with Crippen LogP contribution >= 0.6 is 0 Å². The van der Waals surface area contributed by atoms with Crippen molar-refractivity contribution in [2.24, 2.45) is 0 Å². The molecule has 19 heavy (non-hydrogen) atoms. The van der Waals surface area contributed by atoms with E-state index in [0.717, 1.165) is 18.8 Å². The molecule has 1 heterocycles. The van der Waals surface area contributed by atoms with Gasteiger partial charge in [-0.2, -0.15) is 0 Å². The summed E-state index contributed by atoms with van der Waals surface area (Å²) in [6.45, 7) is 8.00. The van der Waals surface area contributed by atoms with Gasteiger partial charge in [0.25, 0.3) is 0 Å². The molecule has 0 saturated heterocycles. The lowest BCUT2D eigenvalue weighted by atomic mass is 10.1. The minimum atomic E-state index is 0.167. The fraction of sp³-hybridized carbons (Fsp3) is 0.500. The number of aromatic nitrogens is 4. The Kier molecular flexibility index (Phi) is 4.63. The van der Waals surface area contributed by atoms with Crippen molar-refractivity contribution in [2.75, 3.05) is 6.54 Å². The van der Waals surface area contributed by atoms with E-state index in [9.17, 15) is 0 Å². The van der Waals surface area contributed by atoms with Crippen molar-refractivity contribution in [3.05, 3.63) is 41.2 Å². The van der Waals surface area contributed by atoms with Gasteiger partial charge in [0, 0.05) is 0 Å². The van der Waals surface area contributed by atoms with Gasteiger partial charge in [-0.1, -0.05) is 36.8 Å². The molecule has 0 spiro atoms. The molecule has 102 valence electrons. The normalized spacial score (nSPS) is 12.6. The van der Waals surface area contributed by atoms with E-state index in [1.807, 2.05) is 4.68 Å². The second kappa shape index (κ2) is 6.43. The maximum absolute atomic E-state index is 4.12. The molecule has 1 unspecified atom stereocenters. The molecule has 1 atom stereocenters. The van der Waals surface area contributed by atoms with Gasteiger partial charge in [-0.05, 0) is 42.8 Å². The topological polar surface area (TPSA) is 55.6 Å². The van der Waals surface area contributed by atoms with E-state index in [1.54, 1.807) is 0 Å². The Hall–Kier alpha value is -1.75.